The van der Waals surface area contributed by atoms with E-state index in [2.05, 4.69) is 0 Å². The van der Waals surface area contributed by atoms with Crippen LogP contribution in [0.15, 0.2) is 24.3 Å². The Labute approximate surface area is 108 Å². The predicted octanol–water partition coefficient (Wildman–Crippen LogP) is 1.08. The summed E-state index contributed by atoms with van der Waals surface area (Å²) in [4.78, 5) is 33.3. The number of esters is 1. The van der Waals surface area contributed by atoms with Gasteiger partial charge < -0.3 is 10.5 Å². The molecule has 0 radical (unpaired) electrons. The molecule has 0 aliphatic carbocycles. The molecule has 1 aromatic rings. The summed E-state index contributed by atoms with van der Waals surface area (Å²) in [6, 6.07) is 5.06. The third-order valence-corrected chi connectivity index (χ3v) is 2.19. The zero-order chi connectivity index (χ0) is 13.7. The van der Waals surface area contributed by atoms with Gasteiger partial charge in [-0.15, -0.1) is 0 Å². The number of nitrogens with one attached hydrogen (secondary N) is 1. The summed E-state index contributed by atoms with van der Waals surface area (Å²) in [5, 5.41) is 2.18. The van der Waals surface area contributed by atoms with Crippen LogP contribution in [0.4, 0.5) is 4.79 Å². The number of imide groups is 1. The van der Waals surface area contributed by atoms with Gasteiger partial charge in [-0.3, -0.25) is 10.1 Å². The Balaban J connectivity index is 2.65. The number of rotatable bonds is 3. The first-order valence-corrected chi connectivity index (χ1v) is 5.35. The molecule has 6 nitrogen and oxygen atoms in total. The van der Waals surface area contributed by atoms with Gasteiger partial charge in [0, 0.05) is 5.02 Å². The molecule has 7 heteroatoms. The summed E-state index contributed by atoms with van der Waals surface area (Å²) >= 11 is 5.71. The number of carbonyl (C=O) groups is 3. The van der Waals surface area contributed by atoms with Crippen LogP contribution in [0.5, 0.6) is 0 Å². The van der Waals surface area contributed by atoms with Gasteiger partial charge in [-0.2, -0.15) is 0 Å². The number of ether oxygens (including phenoxy) is 1. The van der Waals surface area contributed by atoms with Crippen LogP contribution < -0.4 is 11.1 Å². The van der Waals surface area contributed by atoms with E-state index >= 15 is 0 Å². The minimum Gasteiger partial charge on any atom is -0.449 e. The molecule has 0 saturated carbocycles. The van der Waals surface area contributed by atoms with E-state index in [1.807, 2.05) is 5.32 Å². The fourth-order valence-corrected chi connectivity index (χ4v) is 1.31. The third-order valence-electron chi connectivity index (χ3n) is 1.96. The molecule has 0 unspecified atom stereocenters. The number of urea groups is 1. The molecule has 3 N–H and O–H groups in total. The van der Waals surface area contributed by atoms with Crippen molar-refractivity contribution in [3.05, 3.63) is 34.9 Å². The van der Waals surface area contributed by atoms with Crippen LogP contribution in [0, 0.1) is 0 Å². The first kappa shape index (κ1) is 14.0. The number of benzene rings is 1. The second kappa shape index (κ2) is 6.02. The molecule has 1 rings (SSSR count). The van der Waals surface area contributed by atoms with Crippen molar-refractivity contribution in [2.45, 2.75) is 13.0 Å². The maximum Gasteiger partial charge on any atom is 0.338 e. The second-order valence-corrected chi connectivity index (χ2v) is 3.85. The summed E-state index contributed by atoms with van der Waals surface area (Å²) < 4.78 is 4.84. The Kier molecular flexibility index (Phi) is 4.67. The molecule has 0 saturated heterocycles. The molecular formula is C11H11ClN2O4. The topological polar surface area (TPSA) is 98.5 Å². The van der Waals surface area contributed by atoms with Gasteiger partial charge in [0.15, 0.2) is 6.10 Å². The van der Waals surface area contributed by atoms with Crippen molar-refractivity contribution in [1.29, 1.82) is 0 Å². The molecule has 3 amide bonds. The third kappa shape index (κ3) is 4.06. The minimum absolute atomic E-state index is 0.209. The summed E-state index contributed by atoms with van der Waals surface area (Å²) in [5.41, 5.74) is 4.97. The monoisotopic (exact) mass is 270 g/mol. The SMILES string of the molecule is C[C@H](OC(=O)c1cccc(Cl)c1)C(=O)NC(N)=O. The van der Waals surface area contributed by atoms with Crippen LogP contribution in [0.2, 0.25) is 5.02 Å². The fraction of sp³-hybridized carbons (Fsp3) is 0.182. The lowest BCUT2D eigenvalue weighted by Gasteiger charge is -2.11. The van der Waals surface area contributed by atoms with Crippen LogP contribution in [-0.2, 0) is 9.53 Å². The van der Waals surface area contributed by atoms with Crippen LogP contribution in [-0.4, -0.2) is 24.0 Å². The molecule has 0 aliphatic heterocycles. The first-order chi connectivity index (χ1) is 8.40. The van der Waals surface area contributed by atoms with Crippen molar-refractivity contribution in [2.24, 2.45) is 5.73 Å². The summed E-state index contributed by atoms with van der Waals surface area (Å²) in [7, 11) is 0. The molecule has 0 spiro atoms. The molecule has 0 heterocycles. The molecule has 1 aromatic carbocycles. The second-order valence-electron chi connectivity index (χ2n) is 3.41. The number of primary amides is 1. The lowest BCUT2D eigenvalue weighted by atomic mass is 10.2. The van der Waals surface area contributed by atoms with E-state index in [0.717, 1.165) is 0 Å². The van der Waals surface area contributed by atoms with Crippen molar-refractivity contribution in [3.63, 3.8) is 0 Å². The van der Waals surface area contributed by atoms with Gasteiger partial charge in [-0.1, -0.05) is 17.7 Å². The Hall–Kier alpha value is -2.08. The standard InChI is InChI=1S/C11H11ClN2O4/c1-6(9(15)14-11(13)17)18-10(16)7-3-2-4-8(12)5-7/h2-6H,1H3,(H3,13,14,15,17)/t6-/m0/s1. The molecule has 0 bridgehead atoms. The quantitative estimate of drug-likeness (QED) is 0.803. The van der Waals surface area contributed by atoms with E-state index in [-0.39, 0.29) is 5.56 Å². The maximum atomic E-state index is 11.6. The average molecular weight is 271 g/mol. The molecule has 1 atom stereocenters. The largest absolute Gasteiger partial charge is 0.449 e. The number of halogens is 1. The molecule has 0 fully saturated rings. The van der Waals surface area contributed by atoms with E-state index in [4.69, 9.17) is 22.1 Å². The molecule has 96 valence electrons. The van der Waals surface area contributed by atoms with Crippen LogP contribution in [0.25, 0.3) is 0 Å². The van der Waals surface area contributed by atoms with Gasteiger partial charge in [-0.25, -0.2) is 9.59 Å². The number of hydrogen-bond acceptors (Lipinski definition) is 4. The van der Waals surface area contributed by atoms with Crippen molar-refractivity contribution in [3.8, 4) is 0 Å². The highest BCUT2D eigenvalue weighted by atomic mass is 35.5. The minimum atomic E-state index is -1.14. The van der Waals surface area contributed by atoms with Gasteiger partial charge in [0.05, 0.1) is 5.56 Å². The van der Waals surface area contributed by atoms with Gasteiger partial charge >= 0.3 is 12.0 Å². The van der Waals surface area contributed by atoms with Gasteiger partial charge in [-0.05, 0) is 25.1 Å². The van der Waals surface area contributed by atoms with E-state index in [0.29, 0.717) is 5.02 Å². The fourth-order valence-electron chi connectivity index (χ4n) is 1.12. The first-order valence-electron chi connectivity index (χ1n) is 4.97. The van der Waals surface area contributed by atoms with Crippen molar-refractivity contribution in [1.82, 2.24) is 5.32 Å². The lowest BCUT2D eigenvalue weighted by Crippen LogP contribution is -2.42. The van der Waals surface area contributed by atoms with Gasteiger partial charge in [0.25, 0.3) is 5.91 Å². The van der Waals surface area contributed by atoms with E-state index in [1.54, 1.807) is 12.1 Å². The Morgan fingerprint density at radius 3 is 2.61 bits per heavy atom. The predicted molar refractivity (Wildman–Crippen MR) is 64.1 cm³/mol. The van der Waals surface area contributed by atoms with Crippen molar-refractivity contribution in [2.75, 3.05) is 0 Å². The molecule has 0 aliphatic rings. The highest BCUT2D eigenvalue weighted by molar-refractivity contribution is 6.30. The zero-order valence-electron chi connectivity index (χ0n) is 9.48. The summed E-state index contributed by atoms with van der Waals surface area (Å²) in [6.07, 6.45) is -1.14. The van der Waals surface area contributed by atoms with Crippen LogP contribution in [0.1, 0.15) is 17.3 Å². The zero-order valence-corrected chi connectivity index (χ0v) is 10.2. The number of carbonyl (C=O) groups excluding carboxylic acids is 3. The maximum absolute atomic E-state index is 11.6. The molecule has 0 aromatic heterocycles. The number of hydrogen-bond donors (Lipinski definition) is 2. The highest BCUT2D eigenvalue weighted by Crippen LogP contribution is 2.12. The van der Waals surface area contributed by atoms with Crippen LogP contribution in [0.3, 0.4) is 0 Å². The van der Waals surface area contributed by atoms with Crippen molar-refractivity contribution >= 4 is 29.5 Å². The normalized spacial score (nSPS) is 11.4. The van der Waals surface area contributed by atoms with Gasteiger partial charge in [0.1, 0.15) is 0 Å². The van der Waals surface area contributed by atoms with Gasteiger partial charge in [0.2, 0.25) is 0 Å². The van der Waals surface area contributed by atoms with Crippen molar-refractivity contribution < 1.29 is 19.1 Å². The van der Waals surface area contributed by atoms with Crippen LogP contribution >= 0.6 is 11.6 Å². The average Bonchev–Trinajstić information content (AvgIpc) is 2.27. The van der Waals surface area contributed by atoms with E-state index in [9.17, 15) is 14.4 Å². The number of nitrogens with two attached hydrogens (primary N) is 1. The van der Waals surface area contributed by atoms with E-state index < -0.39 is 24.0 Å². The molecular weight excluding hydrogens is 260 g/mol. The summed E-state index contributed by atoms with van der Waals surface area (Å²) in [6.45, 7) is 1.32. The highest BCUT2D eigenvalue weighted by Gasteiger charge is 2.19. The van der Waals surface area contributed by atoms with E-state index in [1.165, 1.54) is 19.1 Å². The summed E-state index contributed by atoms with van der Waals surface area (Å²) in [5.74, 6) is -1.51. The lowest BCUT2D eigenvalue weighted by molar-refractivity contribution is -0.127. The number of amides is 3. The molecule has 18 heavy (non-hydrogen) atoms. The Morgan fingerprint density at radius 1 is 1.39 bits per heavy atom. The smallest absolute Gasteiger partial charge is 0.338 e. The Bertz CT molecular complexity index is 490. The Morgan fingerprint density at radius 2 is 2.06 bits per heavy atom.